The fourth-order valence-electron chi connectivity index (χ4n) is 4.76. The lowest BCUT2D eigenvalue weighted by atomic mass is 9.97. The van der Waals surface area contributed by atoms with E-state index in [9.17, 15) is 0 Å². The maximum Gasteiger partial charge on any atom is 0.186 e. The number of methoxy groups -OCH3 is 1. The van der Waals surface area contributed by atoms with Crippen LogP contribution in [0, 0.1) is 0 Å². The average molecular weight is 548 g/mol. The number of benzene rings is 3. The molecule has 2 fully saturated rings. The number of hydrogen-bond donors (Lipinski definition) is 0. The highest BCUT2D eigenvalue weighted by molar-refractivity contribution is 5.26. The van der Waals surface area contributed by atoms with Crippen molar-refractivity contribution in [1.82, 2.24) is 0 Å². The molecule has 0 aromatic heterocycles. The zero-order chi connectivity index (χ0) is 27.6. The normalized spacial score (nSPS) is 25.9. The lowest BCUT2D eigenvalue weighted by Gasteiger charge is -2.49. The maximum absolute atomic E-state index is 8.68. The fourth-order valence-corrected chi connectivity index (χ4v) is 4.76. The van der Waals surface area contributed by atoms with Crippen molar-refractivity contribution in [2.75, 3.05) is 26.9 Å². The Morgan fingerprint density at radius 3 is 2.20 bits per heavy atom. The highest BCUT2D eigenvalue weighted by Gasteiger charge is 2.51. The van der Waals surface area contributed by atoms with Crippen LogP contribution in [0.5, 0.6) is 5.75 Å². The van der Waals surface area contributed by atoms with Crippen LogP contribution in [0.25, 0.3) is 10.4 Å². The zero-order valence-electron chi connectivity index (χ0n) is 22.3. The Morgan fingerprint density at radius 1 is 0.825 bits per heavy atom. The van der Waals surface area contributed by atoms with E-state index in [2.05, 4.69) is 10.0 Å². The van der Waals surface area contributed by atoms with Gasteiger partial charge < -0.3 is 33.2 Å². The third kappa shape index (κ3) is 7.18. The molecule has 0 radical (unpaired) electrons. The molecule has 3 aromatic rings. The van der Waals surface area contributed by atoms with E-state index in [4.69, 9.17) is 38.7 Å². The summed E-state index contributed by atoms with van der Waals surface area (Å²) in [5, 5.41) is 3.58. The lowest BCUT2D eigenvalue weighted by Crippen LogP contribution is -2.63. The van der Waals surface area contributed by atoms with E-state index in [0.29, 0.717) is 6.61 Å². The minimum absolute atomic E-state index is 0.161. The van der Waals surface area contributed by atoms with E-state index in [1.165, 1.54) is 0 Å². The highest BCUT2D eigenvalue weighted by Crippen LogP contribution is 2.37. The van der Waals surface area contributed by atoms with E-state index in [1.54, 1.807) is 7.11 Å². The van der Waals surface area contributed by atoms with Crippen molar-refractivity contribution in [1.29, 1.82) is 0 Å². The first-order chi connectivity index (χ1) is 19.7. The molecule has 0 bridgehead atoms. The van der Waals surface area contributed by atoms with E-state index in [-0.39, 0.29) is 26.4 Å². The van der Waals surface area contributed by atoms with Crippen molar-refractivity contribution in [2.45, 2.75) is 50.2 Å². The topological polar surface area (TPSA) is 113 Å². The Kier molecular flexibility index (Phi) is 10.00. The summed E-state index contributed by atoms with van der Waals surface area (Å²) in [5.74, 6) is 0.762. The van der Waals surface area contributed by atoms with Gasteiger partial charge in [-0.25, -0.2) is 0 Å². The number of nitrogens with zero attached hydrogens (tertiary/aromatic N) is 3. The molecule has 2 aliphatic heterocycles. The van der Waals surface area contributed by atoms with Crippen molar-refractivity contribution in [2.24, 2.45) is 5.11 Å². The minimum Gasteiger partial charge on any atom is -0.497 e. The van der Waals surface area contributed by atoms with E-state index >= 15 is 0 Å². The third-order valence-corrected chi connectivity index (χ3v) is 6.78. The van der Waals surface area contributed by atoms with Crippen LogP contribution in [0.15, 0.2) is 90.0 Å². The predicted octanol–water partition coefficient (Wildman–Crippen LogP) is 5.33. The van der Waals surface area contributed by atoms with E-state index in [0.717, 1.165) is 22.4 Å². The smallest absolute Gasteiger partial charge is 0.186 e. The van der Waals surface area contributed by atoms with Gasteiger partial charge in [0.1, 0.15) is 30.2 Å². The number of hydrogen-bond acceptors (Lipinski definition) is 8. The van der Waals surface area contributed by atoms with Crippen molar-refractivity contribution in [3.05, 3.63) is 112 Å². The summed E-state index contributed by atoms with van der Waals surface area (Å²) in [6.07, 6.45) is -3.50. The van der Waals surface area contributed by atoms with Gasteiger partial charge in [-0.15, -0.1) is 0 Å². The molecule has 2 saturated heterocycles. The second-order valence-corrected chi connectivity index (χ2v) is 9.43. The van der Waals surface area contributed by atoms with Gasteiger partial charge in [0.05, 0.1) is 33.5 Å². The molecule has 40 heavy (non-hydrogen) atoms. The predicted molar refractivity (Wildman–Crippen MR) is 145 cm³/mol. The first-order valence-corrected chi connectivity index (χ1v) is 13.2. The first kappa shape index (κ1) is 28.1. The molecule has 6 atom stereocenters. The van der Waals surface area contributed by atoms with E-state index in [1.807, 2.05) is 84.9 Å². The van der Waals surface area contributed by atoms with Gasteiger partial charge in [0.15, 0.2) is 12.6 Å². The van der Waals surface area contributed by atoms with Crippen molar-refractivity contribution in [3.63, 3.8) is 0 Å². The SMILES string of the molecule is COc1ccc(CO[C@@H]2[C@H](OCCN=[N+]=[N-])O[C@@H]3CO[C@@H](c4ccccc4)O[C@H]3[C@@H]2OCc2ccccc2)cc1. The van der Waals surface area contributed by atoms with Gasteiger partial charge in [0.2, 0.25) is 0 Å². The monoisotopic (exact) mass is 547 g/mol. The lowest BCUT2D eigenvalue weighted by molar-refractivity contribution is -0.372. The molecule has 0 saturated carbocycles. The second-order valence-electron chi connectivity index (χ2n) is 9.43. The van der Waals surface area contributed by atoms with Crippen LogP contribution in [0.4, 0.5) is 0 Å². The van der Waals surface area contributed by atoms with E-state index < -0.39 is 37.0 Å². The molecular weight excluding hydrogens is 514 g/mol. The number of azide groups is 1. The third-order valence-electron chi connectivity index (χ3n) is 6.78. The highest BCUT2D eigenvalue weighted by atomic mass is 16.8. The zero-order valence-corrected chi connectivity index (χ0v) is 22.3. The molecule has 5 rings (SSSR count). The molecule has 3 aromatic carbocycles. The Labute approximate surface area is 233 Å². The van der Waals surface area contributed by atoms with Crippen LogP contribution in [-0.4, -0.2) is 57.6 Å². The fraction of sp³-hybridized carbons (Fsp3) is 0.400. The molecule has 10 heteroatoms. The quantitative estimate of drug-likeness (QED) is 0.130. The van der Waals surface area contributed by atoms with Crippen LogP contribution in [0.2, 0.25) is 0 Å². The van der Waals surface area contributed by atoms with Gasteiger partial charge in [-0.2, -0.15) is 0 Å². The molecule has 0 unspecified atom stereocenters. The summed E-state index contributed by atoms with van der Waals surface area (Å²) >= 11 is 0. The summed E-state index contributed by atoms with van der Waals surface area (Å²) in [5.41, 5.74) is 11.6. The molecule has 0 N–H and O–H groups in total. The van der Waals surface area contributed by atoms with Crippen LogP contribution in [-0.2, 0) is 41.6 Å². The largest absolute Gasteiger partial charge is 0.497 e. The summed E-state index contributed by atoms with van der Waals surface area (Å²) in [6, 6.07) is 27.4. The molecule has 2 heterocycles. The van der Waals surface area contributed by atoms with Gasteiger partial charge >= 0.3 is 0 Å². The summed E-state index contributed by atoms with van der Waals surface area (Å²) in [7, 11) is 1.63. The van der Waals surface area contributed by atoms with Gasteiger partial charge in [-0.3, -0.25) is 0 Å². The van der Waals surface area contributed by atoms with Crippen molar-refractivity contribution >= 4 is 0 Å². The van der Waals surface area contributed by atoms with Gasteiger partial charge in [0.25, 0.3) is 0 Å². The minimum atomic E-state index is -0.797. The van der Waals surface area contributed by atoms with Crippen LogP contribution in [0.3, 0.4) is 0 Å². The van der Waals surface area contributed by atoms with Crippen LogP contribution in [0.1, 0.15) is 23.0 Å². The summed E-state index contributed by atoms with van der Waals surface area (Å²) in [6.45, 7) is 1.25. The Morgan fingerprint density at radius 2 is 1.50 bits per heavy atom. The second kappa shape index (κ2) is 14.2. The summed E-state index contributed by atoms with van der Waals surface area (Å²) < 4.78 is 43.2. The molecule has 0 amide bonds. The summed E-state index contributed by atoms with van der Waals surface area (Å²) in [4.78, 5) is 2.81. The number of fused-ring (bicyclic) bond motifs is 1. The van der Waals surface area contributed by atoms with Crippen LogP contribution < -0.4 is 4.74 Å². The Hall–Kier alpha value is -3.47. The van der Waals surface area contributed by atoms with Crippen molar-refractivity contribution in [3.8, 4) is 5.75 Å². The molecule has 2 aliphatic rings. The molecule has 10 nitrogen and oxygen atoms in total. The van der Waals surface area contributed by atoms with Gasteiger partial charge in [0, 0.05) is 17.0 Å². The molecule has 210 valence electrons. The van der Waals surface area contributed by atoms with Gasteiger partial charge in [-0.05, 0) is 28.8 Å². The molecule has 0 aliphatic carbocycles. The standard InChI is InChI=1S/C30H33N3O7/c1-34-24-14-12-22(13-15-24)19-37-28-27(36-18-21-8-4-2-5-9-21)26-25(39-30(28)35-17-16-32-33-31)20-38-29(40-26)23-10-6-3-7-11-23/h2-15,25-30H,16-20H2,1H3/t25-,26-,27+,28+,29-,30-/m1/s1. The maximum atomic E-state index is 8.68. The van der Waals surface area contributed by atoms with Crippen molar-refractivity contribution < 1.29 is 33.2 Å². The van der Waals surface area contributed by atoms with Gasteiger partial charge in [-0.1, -0.05) is 77.9 Å². The Bertz CT molecular complexity index is 1230. The number of ether oxygens (including phenoxy) is 7. The average Bonchev–Trinajstić information content (AvgIpc) is 3.02. The molecular formula is C30H33N3O7. The first-order valence-electron chi connectivity index (χ1n) is 13.2. The Balaban J connectivity index is 1.40. The molecule has 0 spiro atoms. The van der Waals surface area contributed by atoms with Crippen LogP contribution >= 0.6 is 0 Å². The number of rotatable bonds is 12.